The maximum absolute atomic E-state index is 13.0. The predicted molar refractivity (Wildman–Crippen MR) is 340 cm³/mol. The van der Waals surface area contributed by atoms with Crippen molar-refractivity contribution < 1.29 is 80.2 Å². The predicted octanol–water partition coefficient (Wildman–Crippen LogP) is 18.6. The number of unbranched alkanes of at least 4 members (excludes halogenated alkanes) is 37. The number of hydrogen-bond donors (Lipinski definition) is 3. The Kier molecular flexibility index (Phi) is 58.3. The number of carbonyl (C=O) groups is 4. The van der Waals surface area contributed by atoms with Crippen molar-refractivity contribution in [3.05, 3.63) is 0 Å². The van der Waals surface area contributed by atoms with Crippen molar-refractivity contribution in [3.8, 4) is 0 Å². The van der Waals surface area contributed by atoms with Gasteiger partial charge in [0.05, 0.1) is 26.4 Å². The molecule has 0 aliphatic rings. The summed E-state index contributed by atoms with van der Waals surface area (Å²) < 4.78 is 68.1. The molecule has 0 aromatic heterocycles. The highest BCUT2D eigenvalue weighted by molar-refractivity contribution is 7.47. The highest BCUT2D eigenvalue weighted by Crippen LogP contribution is 2.45. The molecule has 0 spiro atoms. The summed E-state index contributed by atoms with van der Waals surface area (Å²) >= 11 is 0. The SMILES string of the molecule is CCCCCCCCCCCCCC(=O)OC[C@H](COP(=O)(O)OC[C@H](O)COP(=O)(O)OC[C@@H](COC(=O)CCCCCCCCCCCCC)OC(=O)CCCCCCCCCCC(C)CC)OC(=O)CCCCCCCCCCCCC. The number of aliphatic hydroxyl groups excluding tert-OH is 1. The van der Waals surface area contributed by atoms with E-state index in [1.807, 2.05) is 0 Å². The van der Waals surface area contributed by atoms with Crippen LogP contribution in [0.1, 0.15) is 336 Å². The topological polar surface area (TPSA) is 237 Å². The standard InChI is InChI=1S/C66H128O17P2/c1-6-10-13-16-19-22-25-28-34-39-44-49-63(68)76-55-61(82-65(70)51-46-41-36-30-27-24-21-18-15-12-8-3)57-80-84(72,73)78-53-60(67)54-79-85(74,75)81-58-62(56-77-64(69)50-45-40-35-29-26-23-20-17-14-11-7-2)83-66(71)52-47-42-37-32-31-33-38-43-48-59(5)9-4/h59-62,67H,6-58H2,1-5H3,(H,72,73)(H,74,75)/t59?,60-,61+,62+/m0/s1. The van der Waals surface area contributed by atoms with E-state index in [1.165, 1.54) is 161 Å². The van der Waals surface area contributed by atoms with Crippen molar-refractivity contribution >= 4 is 39.5 Å². The molecule has 0 bridgehead atoms. The average molecular weight is 1260 g/mol. The Bertz CT molecular complexity index is 1650. The Morgan fingerprint density at radius 2 is 0.565 bits per heavy atom. The molecule has 3 N–H and O–H groups in total. The molecule has 85 heavy (non-hydrogen) atoms. The summed E-state index contributed by atoms with van der Waals surface area (Å²) in [6, 6.07) is 0. The second-order valence-corrected chi connectivity index (χ2v) is 27.0. The highest BCUT2D eigenvalue weighted by atomic mass is 31.2. The number of phosphoric acid groups is 2. The first-order valence-electron chi connectivity index (χ1n) is 34.7. The zero-order valence-electron chi connectivity index (χ0n) is 54.7. The van der Waals surface area contributed by atoms with Gasteiger partial charge in [0, 0.05) is 25.7 Å². The molecule has 17 nitrogen and oxygen atoms in total. The minimum Gasteiger partial charge on any atom is -0.462 e. The quantitative estimate of drug-likeness (QED) is 0.0222. The van der Waals surface area contributed by atoms with Gasteiger partial charge in [-0.15, -0.1) is 0 Å². The van der Waals surface area contributed by atoms with E-state index in [2.05, 4.69) is 34.6 Å². The van der Waals surface area contributed by atoms with Crippen molar-refractivity contribution in [1.29, 1.82) is 0 Å². The van der Waals surface area contributed by atoms with E-state index < -0.39 is 97.5 Å². The Balaban J connectivity index is 5.25. The van der Waals surface area contributed by atoms with Gasteiger partial charge in [-0.05, 0) is 31.6 Å². The summed E-state index contributed by atoms with van der Waals surface area (Å²) in [6.45, 7) is 7.20. The second-order valence-electron chi connectivity index (χ2n) is 24.1. The van der Waals surface area contributed by atoms with E-state index in [4.69, 9.17) is 37.0 Å². The Labute approximate surface area is 517 Å². The number of aliphatic hydroxyl groups is 1. The Morgan fingerprint density at radius 1 is 0.329 bits per heavy atom. The fourth-order valence-electron chi connectivity index (χ4n) is 9.90. The van der Waals surface area contributed by atoms with Crippen molar-refractivity contribution in [2.75, 3.05) is 39.6 Å². The first kappa shape index (κ1) is 83.1. The van der Waals surface area contributed by atoms with Crippen LogP contribution >= 0.6 is 15.6 Å². The van der Waals surface area contributed by atoms with Crippen LogP contribution in [0.25, 0.3) is 0 Å². The zero-order valence-corrected chi connectivity index (χ0v) is 56.5. The van der Waals surface area contributed by atoms with E-state index in [0.717, 1.165) is 95.8 Å². The van der Waals surface area contributed by atoms with Crippen LogP contribution in [0.2, 0.25) is 0 Å². The van der Waals surface area contributed by atoms with Crippen LogP contribution in [0.5, 0.6) is 0 Å². The lowest BCUT2D eigenvalue weighted by Crippen LogP contribution is -2.30. The van der Waals surface area contributed by atoms with E-state index in [0.29, 0.717) is 25.7 Å². The van der Waals surface area contributed by atoms with Crippen LogP contribution < -0.4 is 0 Å². The van der Waals surface area contributed by atoms with Crippen molar-refractivity contribution in [1.82, 2.24) is 0 Å². The molecule has 19 heteroatoms. The van der Waals surface area contributed by atoms with Crippen LogP contribution in [-0.4, -0.2) is 96.7 Å². The summed E-state index contributed by atoms with van der Waals surface area (Å²) in [6.07, 6.45) is 44.2. The Morgan fingerprint density at radius 3 is 0.835 bits per heavy atom. The molecule has 0 aliphatic carbocycles. The van der Waals surface area contributed by atoms with Gasteiger partial charge in [-0.3, -0.25) is 37.3 Å². The minimum absolute atomic E-state index is 0.105. The molecule has 3 unspecified atom stereocenters. The van der Waals surface area contributed by atoms with Gasteiger partial charge in [0.15, 0.2) is 12.2 Å². The maximum Gasteiger partial charge on any atom is 0.472 e. The van der Waals surface area contributed by atoms with E-state index in [1.54, 1.807) is 0 Å². The third-order valence-corrected chi connectivity index (χ3v) is 17.5. The van der Waals surface area contributed by atoms with Crippen LogP contribution in [0.3, 0.4) is 0 Å². The van der Waals surface area contributed by atoms with E-state index >= 15 is 0 Å². The number of phosphoric ester groups is 2. The molecule has 0 heterocycles. The molecule has 0 aromatic carbocycles. The first-order chi connectivity index (χ1) is 41.1. The van der Waals surface area contributed by atoms with E-state index in [9.17, 15) is 43.2 Å². The molecule has 0 saturated heterocycles. The lowest BCUT2D eigenvalue weighted by Gasteiger charge is -2.21. The lowest BCUT2D eigenvalue weighted by molar-refractivity contribution is -0.161. The third-order valence-electron chi connectivity index (χ3n) is 15.6. The monoisotopic (exact) mass is 1250 g/mol. The van der Waals surface area contributed by atoms with Gasteiger partial charge >= 0.3 is 39.5 Å². The summed E-state index contributed by atoms with van der Waals surface area (Å²) in [5.41, 5.74) is 0. The molecular formula is C66H128O17P2. The number of ether oxygens (including phenoxy) is 4. The van der Waals surface area contributed by atoms with Crippen LogP contribution in [0.4, 0.5) is 0 Å². The van der Waals surface area contributed by atoms with Gasteiger partial charge in [-0.25, -0.2) is 9.13 Å². The molecule has 504 valence electrons. The first-order valence-corrected chi connectivity index (χ1v) is 37.7. The van der Waals surface area contributed by atoms with Gasteiger partial charge in [-0.2, -0.15) is 0 Å². The molecule has 0 rings (SSSR count). The molecule has 0 saturated carbocycles. The fraction of sp³-hybridized carbons (Fsp3) is 0.939. The Hall–Kier alpha value is -1.94. The number of carbonyl (C=O) groups excluding carboxylic acids is 4. The van der Waals surface area contributed by atoms with Gasteiger partial charge in [0.1, 0.15) is 19.3 Å². The van der Waals surface area contributed by atoms with Gasteiger partial charge in [-0.1, -0.05) is 285 Å². The normalized spacial score (nSPS) is 14.5. The zero-order chi connectivity index (χ0) is 62.8. The van der Waals surface area contributed by atoms with E-state index in [-0.39, 0.29) is 25.7 Å². The number of hydrogen-bond acceptors (Lipinski definition) is 15. The number of rotatable bonds is 66. The van der Waals surface area contributed by atoms with Gasteiger partial charge in [0.25, 0.3) is 0 Å². The van der Waals surface area contributed by atoms with Crippen molar-refractivity contribution in [2.45, 2.75) is 355 Å². The van der Waals surface area contributed by atoms with Crippen LogP contribution in [0, 0.1) is 5.92 Å². The van der Waals surface area contributed by atoms with Crippen LogP contribution in [0.15, 0.2) is 0 Å². The molecule has 0 fully saturated rings. The smallest absolute Gasteiger partial charge is 0.462 e. The molecule has 0 radical (unpaired) electrons. The van der Waals surface area contributed by atoms with Gasteiger partial charge in [0.2, 0.25) is 0 Å². The van der Waals surface area contributed by atoms with Crippen molar-refractivity contribution in [2.24, 2.45) is 5.92 Å². The molecule has 0 amide bonds. The van der Waals surface area contributed by atoms with Crippen molar-refractivity contribution in [3.63, 3.8) is 0 Å². The molecule has 0 aromatic rings. The lowest BCUT2D eigenvalue weighted by atomic mass is 9.99. The molecule has 0 aliphatic heterocycles. The minimum atomic E-state index is -4.95. The van der Waals surface area contributed by atoms with Gasteiger partial charge < -0.3 is 33.8 Å². The summed E-state index contributed by atoms with van der Waals surface area (Å²) in [5.74, 6) is -1.36. The number of esters is 4. The summed E-state index contributed by atoms with van der Waals surface area (Å²) in [7, 11) is -9.89. The third kappa shape index (κ3) is 59.5. The largest absolute Gasteiger partial charge is 0.472 e. The fourth-order valence-corrected chi connectivity index (χ4v) is 11.5. The van der Waals surface area contributed by atoms with Crippen LogP contribution in [-0.2, 0) is 65.4 Å². The summed E-state index contributed by atoms with van der Waals surface area (Å²) in [5, 5.41) is 10.6. The second kappa shape index (κ2) is 59.7. The maximum atomic E-state index is 13.0. The molecular weight excluding hydrogens is 1130 g/mol. The summed E-state index contributed by atoms with van der Waals surface area (Å²) in [4.78, 5) is 72.3. The highest BCUT2D eigenvalue weighted by Gasteiger charge is 2.30. The molecule has 6 atom stereocenters. The average Bonchev–Trinajstić information content (AvgIpc) is 3.57.